The highest BCUT2D eigenvalue weighted by Gasteiger charge is 2.78. The maximum absolute atomic E-state index is 6.70. The van der Waals surface area contributed by atoms with E-state index in [0.717, 1.165) is 5.56 Å². The molecule has 0 N–H and O–H groups in total. The van der Waals surface area contributed by atoms with E-state index in [-0.39, 0.29) is 16.0 Å². The lowest BCUT2D eigenvalue weighted by Crippen LogP contribution is -2.43. The Kier molecular flexibility index (Phi) is 5.50. The number of benzene rings is 1. The molecule has 0 aliphatic heterocycles. The van der Waals surface area contributed by atoms with Crippen LogP contribution in [-0.4, -0.2) is 19.9 Å². The summed E-state index contributed by atoms with van der Waals surface area (Å²) in [6.07, 6.45) is 0.449. The second-order valence-electron chi connectivity index (χ2n) is 4.88. The molecule has 21 heavy (non-hydrogen) atoms. The molecule has 3 unspecified atom stereocenters. The summed E-state index contributed by atoms with van der Waals surface area (Å²) in [5.74, 6) is 1.63. The van der Waals surface area contributed by atoms with Gasteiger partial charge in [-0.15, -0.1) is 23.2 Å². The fourth-order valence-electron chi connectivity index (χ4n) is 2.94. The van der Waals surface area contributed by atoms with Crippen LogP contribution in [0.25, 0.3) is 0 Å². The van der Waals surface area contributed by atoms with Crippen LogP contribution in [0.2, 0.25) is 0 Å². The molecule has 1 aromatic carbocycles. The number of alkyl halides is 5. The lowest BCUT2D eigenvalue weighted by Gasteiger charge is -2.34. The second-order valence-corrected chi connectivity index (χ2v) is 8.21. The summed E-state index contributed by atoms with van der Waals surface area (Å²) in [6.45, 7) is 0. The van der Waals surface area contributed by atoms with Gasteiger partial charge in [-0.2, -0.15) is 0 Å². The van der Waals surface area contributed by atoms with E-state index in [1.165, 1.54) is 0 Å². The minimum absolute atomic E-state index is 0.183. The van der Waals surface area contributed by atoms with Crippen molar-refractivity contribution in [1.82, 2.24) is 0 Å². The first-order chi connectivity index (χ1) is 9.77. The zero-order valence-corrected chi connectivity index (χ0v) is 16.9. The van der Waals surface area contributed by atoms with Crippen LogP contribution in [0.5, 0.6) is 0 Å². The van der Waals surface area contributed by atoms with Gasteiger partial charge in [0.05, 0.1) is 10.1 Å². The van der Waals surface area contributed by atoms with E-state index in [4.69, 9.17) is 69.6 Å². The van der Waals surface area contributed by atoms with E-state index in [9.17, 15) is 0 Å². The highest BCUT2D eigenvalue weighted by Crippen LogP contribution is 2.76. The maximum atomic E-state index is 6.70. The summed E-state index contributed by atoms with van der Waals surface area (Å²) in [6, 6.07) is 9.68. The van der Waals surface area contributed by atoms with Crippen LogP contribution < -0.4 is 0 Å². The number of halogens is 7. The highest BCUT2D eigenvalue weighted by atomic mass is 79.9. The lowest BCUT2D eigenvalue weighted by molar-refractivity contribution is 0.601. The van der Waals surface area contributed by atoms with E-state index in [1.54, 1.807) is 0 Å². The monoisotopic (exact) mass is 468 g/mol. The average Bonchev–Trinajstić information content (AvgIpc) is 2.72. The fourth-order valence-corrected chi connectivity index (χ4v) is 5.74. The summed E-state index contributed by atoms with van der Waals surface area (Å²) in [5.41, 5.74) is 0.994. The van der Waals surface area contributed by atoms with Gasteiger partial charge in [0, 0.05) is 5.92 Å². The molecule has 3 rings (SSSR count). The Hall–Kier alpha value is 1.18. The first-order valence-corrected chi connectivity index (χ1v) is 9.87. The van der Waals surface area contributed by atoms with Crippen molar-refractivity contribution in [2.24, 2.45) is 0 Å². The first-order valence-electron chi connectivity index (χ1n) is 6.01. The molecule has 1 aromatic rings. The molecule has 0 heterocycles. The standard InChI is InChI=1S/C13H8Cl6.CH3Br/c14-9-10(15)12(17)8(7-4-2-1-3-5-7)6-11(9,16)13(12,18)19;1-2/h1-5,8H,6H2;1H3. The molecule has 3 atom stereocenters. The van der Waals surface area contributed by atoms with E-state index < -0.39 is 14.1 Å². The summed E-state index contributed by atoms with van der Waals surface area (Å²) in [7, 11) is 0. The Labute approximate surface area is 162 Å². The van der Waals surface area contributed by atoms with Crippen LogP contribution in [-0.2, 0) is 0 Å². The molecule has 116 valence electrons. The normalized spacial score (nSPS) is 36.5. The Morgan fingerprint density at radius 2 is 1.48 bits per heavy atom. The Morgan fingerprint density at radius 3 is 1.90 bits per heavy atom. The molecular formula is C14H11BrCl6. The molecule has 1 fully saturated rings. The van der Waals surface area contributed by atoms with Crippen LogP contribution in [0.4, 0.5) is 0 Å². The molecule has 2 bridgehead atoms. The van der Waals surface area contributed by atoms with Crippen molar-refractivity contribution in [3.8, 4) is 0 Å². The minimum atomic E-state index is -1.45. The smallest absolute Gasteiger partial charge is 0.110 e. The third-order valence-corrected chi connectivity index (χ3v) is 8.26. The van der Waals surface area contributed by atoms with Crippen molar-refractivity contribution in [1.29, 1.82) is 0 Å². The molecule has 0 aromatic heterocycles. The lowest BCUT2D eigenvalue weighted by atomic mass is 9.86. The molecule has 0 spiro atoms. The van der Waals surface area contributed by atoms with Gasteiger partial charge in [-0.1, -0.05) is 92.7 Å². The molecule has 0 amide bonds. The number of hydrogen-bond donors (Lipinski definition) is 0. The molecule has 7 heteroatoms. The third-order valence-electron chi connectivity index (χ3n) is 3.98. The maximum Gasteiger partial charge on any atom is 0.166 e. The highest BCUT2D eigenvalue weighted by molar-refractivity contribution is 9.08. The van der Waals surface area contributed by atoms with Gasteiger partial charge in [0.2, 0.25) is 0 Å². The predicted molar refractivity (Wildman–Crippen MR) is 99.0 cm³/mol. The largest absolute Gasteiger partial charge is 0.166 e. The predicted octanol–water partition coefficient (Wildman–Crippen LogP) is 7.02. The number of allylic oxidation sites excluding steroid dienone is 2. The van der Waals surface area contributed by atoms with Crippen molar-refractivity contribution in [2.45, 2.75) is 26.4 Å². The van der Waals surface area contributed by atoms with E-state index in [1.807, 2.05) is 36.2 Å². The summed E-state index contributed by atoms with van der Waals surface area (Å²) in [4.78, 5) is -2.34. The Balaban J connectivity index is 0.000000774. The Morgan fingerprint density at radius 1 is 0.952 bits per heavy atom. The van der Waals surface area contributed by atoms with Crippen LogP contribution in [0.15, 0.2) is 40.4 Å². The third kappa shape index (κ3) is 2.30. The van der Waals surface area contributed by atoms with Crippen molar-refractivity contribution < 1.29 is 0 Å². The zero-order chi connectivity index (χ0) is 16.1. The summed E-state index contributed by atoms with van der Waals surface area (Å²) >= 11 is 41.5. The van der Waals surface area contributed by atoms with Crippen LogP contribution in [0.3, 0.4) is 0 Å². The molecule has 0 saturated heterocycles. The van der Waals surface area contributed by atoms with Gasteiger partial charge in [0.25, 0.3) is 0 Å². The van der Waals surface area contributed by atoms with Gasteiger partial charge in [0.1, 0.15) is 9.75 Å². The molecule has 0 radical (unpaired) electrons. The molecular weight excluding hydrogens is 461 g/mol. The van der Waals surface area contributed by atoms with Gasteiger partial charge in [-0.25, -0.2) is 0 Å². The quantitative estimate of drug-likeness (QED) is 0.386. The molecule has 0 nitrogen and oxygen atoms in total. The van der Waals surface area contributed by atoms with E-state index >= 15 is 0 Å². The molecule has 1 saturated carbocycles. The summed E-state index contributed by atoms with van der Waals surface area (Å²) in [5, 5.41) is 0.499. The second kappa shape index (κ2) is 6.24. The first kappa shape index (κ1) is 18.5. The average molecular weight is 472 g/mol. The number of hydrogen-bond acceptors (Lipinski definition) is 0. The van der Waals surface area contributed by atoms with Gasteiger partial charge in [-0.05, 0) is 17.8 Å². The van der Waals surface area contributed by atoms with E-state index in [0.29, 0.717) is 6.42 Å². The zero-order valence-electron chi connectivity index (χ0n) is 10.8. The van der Waals surface area contributed by atoms with Crippen LogP contribution >= 0.6 is 85.5 Å². The van der Waals surface area contributed by atoms with Gasteiger partial charge < -0.3 is 0 Å². The summed E-state index contributed by atoms with van der Waals surface area (Å²) < 4.78 is -1.45. The number of fused-ring (bicyclic) bond motifs is 2. The SMILES string of the molecule is CBr.ClC1=C(Cl)C2(Cl)C(c3ccccc3)CC1(Cl)C2(Cl)Cl. The minimum Gasteiger partial charge on any atom is -0.110 e. The van der Waals surface area contributed by atoms with Gasteiger partial charge in [-0.3, -0.25) is 0 Å². The Bertz CT molecular complexity index is 572. The van der Waals surface area contributed by atoms with Gasteiger partial charge >= 0.3 is 0 Å². The van der Waals surface area contributed by atoms with Crippen LogP contribution in [0, 0.1) is 0 Å². The van der Waals surface area contributed by atoms with Crippen molar-refractivity contribution in [3.63, 3.8) is 0 Å². The van der Waals surface area contributed by atoms with Crippen molar-refractivity contribution >= 4 is 85.5 Å². The fraction of sp³-hybridized carbons (Fsp3) is 0.429. The number of rotatable bonds is 1. The topological polar surface area (TPSA) is 0 Å². The van der Waals surface area contributed by atoms with Crippen molar-refractivity contribution in [3.05, 3.63) is 46.0 Å². The van der Waals surface area contributed by atoms with E-state index in [2.05, 4.69) is 15.9 Å². The van der Waals surface area contributed by atoms with Crippen LogP contribution in [0.1, 0.15) is 17.9 Å². The van der Waals surface area contributed by atoms with Gasteiger partial charge in [0.15, 0.2) is 4.33 Å². The molecule has 2 aliphatic carbocycles. The van der Waals surface area contributed by atoms with Crippen molar-refractivity contribution in [2.75, 3.05) is 5.83 Å². The molecule has 2 aliphatic rings.